The number of amides is 3. The predicted octanol–water partition coefficient (Wildman–Crippen LogP) is 1.20. The molecule has 0 aliphatic carbocycles. The smallest absolute Gasteiger partial charge is 0.243 e. The molecule has 0 saturated heterocycles. The average molecular weight is 349 g/mol. The highest BCUT2D eigenvalue weighted by atomic mass is 19.1. The molecule has 4 N–H and O–H groups in total. The number of rotatable bonds is 10. The molecule has 6 nitrogen and oxygen atoms in total. The van der Waals surface area contributed by atoms with Crippen molar-refractivity contribution in [2.45, 2.75) is 44.7 Å². The Hall–Kier alpha value is -2.70. The van der Waals surface area contributed by atoms with Crippen molar-refractivity contribution in [1.29, 1.82) is 0 Å². The lowest BCUT2D eigenvalue weighted by molar-refractivity contribution is -0.130. The van der Waals surface area contributed by atoms with E-state index >= 15 is 0 Å². The Morgan fingerprint density at radius 3 is 2.36 bits per heavy atom. The standard InChI is InChI=1S/C18H24FN3O3/c1-3-4-5-6-15(17(20)24)22-18(25)16(21-12(2)23)11-13-7-9-14(19)10-8-13/h3,7-10,15-16H,1,4-6,11H2,2H3,(H2,20,24)(H,21,23)(H,22,25)/t15-,16+/m1/s1. The van der Waals surface area contributed by atoms with Crippen molar-refractivity contribution < 1.29 is 18.8 Å². The lowest BCUT2D eigenvalue weighted by Gasteiger charge is -2.21. The summed E-state index contributed by atoms with van der Waals surface area (Å²) in [5.74, 6) is -1.92. The van der Waals surface area contributed by atoms with E-state index < -0.39 is 23.9 Å². The summed E-state index contributed by atoms with van der Waals surface area (Å²) in [4.78, 5) is 35.4. The molecule has 0 unspecified atom stereocenters. The number of hydrogen-bond acceptors (Lipinski definition) is 3. The minimum Gasteiger partial charge on any atom is -0.368 e. The van der Waals surface area contributed by atoms with Gasteiger partial charge < -0.3 is 16.4 Å². The van der Waals surface area contributed by atoms with Gasteiger partial charge in [-0.1, -0.05) is 18.2 Å². The van der Waals surface area contributed by atoms with Crippen LogP contribution in [0.15, 0.2) is 36.9 Å². The molecule has 0 aromatic heterocycles. The van der Waals surface area contributed by atoms with Crippen LogP contribution in [0.5, 0.6) is 0 Å². The van der Waals surface area contributed by atoms with Crippen LogP contribution in [-0.4, -0.2) is 29.8 Å². The maximum atomic E-state index is 13.0. The zero-order valence-corrected chi connectivity index (χ0v) is 14.3. The number of carbonyl (C=O) groups is 3. The van der Waals surface area contributed by atoms with Crippen molar-refractivity contribution in [2.24, 2.45) is 5.73 Å². The van der Waals surface area contributed by atoms with Gasteiger partial charge in [-0.3, -0.25) is 14.4 Å². The van der Waals surface area contributed by atoms with Crippen LogP contribution in [0, 0.1) is 5.82 Å². The summed E-state index contributed by atoms with van der Waals surface area (Å²) >= 11 is 0. The van der Waals surface area contributed by atoms with E-state index in [2.05, 4.69) is 17.2 Å². The fraction of sp³-hybridized carbons (Fsp3) is 0.389. The Morgan fingerprint density at radius 1 is 1.20 bits per heavy atom. The minimum atomic E-state index is -0.885. The van der Waals surface area contributed by atoms with Crippen molar-refractivity contribution in [3.05, 3.63) is 48.3 Å². The topological polar surface area (TPSA) is 101 Å². The van der Waals surface area contributed by atoms with Gasteiger partial charge in [0.2, 0.25) is 17.7 Å². The van der Waals surface area contributed by atoms with Crippen molar-refractivity contribution >= 4 is 17.7 Å². The first kappa shape index (κ1) is 20.3. The lowest BCUT2D eigenvalue weighted by Crippen LogP contribution is -2.53. The van der Waals surface area contributed by atoms with Gasteiger partial charge in [0.1, 0.15) is 17.9 Å². The van der Waals surface area contributed by atoms with Crippen LogP contribution >= 0.6 is 0 Å². The van der Waals surface area contributed by atoms with E-state index in [1.54, 1.807) is 6.08 Å². The second-order valence-electron chi connectivity index (χ2n) is 5.77. The van der Waals surface area contributed by atoms with E-state index in [4.69, 9.17) is 5.73 Å². The van der Waals surface area contributed by atoms with Gasteiger partial charge in [0.25, 0.3) is 0 Å². The van der Waals surface area contributed by atoms with Crippen molar-refractivity contribution in [3.63, 3.8) is 0 Å². The van der Waals surface area contributed by atoms with Crippen LogP contribution in [0.25, 0.3) is 0 Å². The van der Waals surface area contributed by atoms with Gasteiger partial charge in [-0.05, 0) is 37.0 Å². The highest BCUT2D eigenvalue weighted by Gasteiger charge is 2.25. The van der Waals surface area contributed by atoms with Gasteiger partial charge in [-0.15, -0.1) is 6.58 Å². The first-order chi connectivity index (χ1) is 11.8. The first-order valence-electron chi connectivity index (χ1n) is 8.05. The van der Waals surface area contributed by atoms with Gasteiger partial charge >= 0.3 is 0 Å². The maximum Gasteiger partial charge on any atom is 0.243 e. The summed E-state index contributed by atoms with van der Waals surface area (Å²) in [5, 5.41) is 5.12. The third kappa shape index (κ3) is 7.60. The Morgan fingerprint density at radius 2 is 1.84 bits per heavy atom. The molecule has 2 atom stereocenters. The zero-order chi connectivity index (χ0) is 18.8. The fourth-order valence-electron chi connectivity index (χ4n) is 2.34. The molecule has 3 amide bonds. The minimum absolute atomic E-state index is 0.170. The highest BCUT2D eigenvalue weighted by Crippen LogP contribution is 2.08. The van der Waals surface area contributed by atoms with Crippen LogP contribution in [0.2, 0.25) is 0 Å². The third-order valence-electron chi connectivity index (χ3n) is 3.61. The summed E-state index contributed by atoms with van der Waals surface area (Å²) in [7, 11) is 0. The van der Waals surface area contributed by atoms with E-state index in [9.17, 15) is 18.8 Å². The molecule has 0 radical (unpaired) electrons. The van der Waals surface area contributed by atoms with E-state index in [0.717, 1.165) is 0 Å². The number of benzene rings is 1. The van der Waals surface area contributed by atoms with E-state index in [1.807, 2.05) is 0 Å². The Labute approximate surface area is 146 Å². The van der Waals surface area contributed by atoms with Crippen molar-refractivity contribution in [2.75, 3.05) is 0 Å². The number of halogens is 1. The fourth-order valence-corrected chi connectivity index (χ4v) is 2.34. The van der Waals surface area contributed by atoms with Crippen LogP contribution in [0.3, 0.4) is 0 Å². The molecule has 0 spiro atoms. The zero-order valence-electron chi connectivity index (χ0n) is 14.3. The van der Waals surface area contributed by atoms with Gasteiger partial charge in [-0.25, -0.2) is 4.39 Å². The molecule has 136 valence electrons. The molecule has 25 heavy (non-hydrogen) atoms. The first-order valence-corrected chi connectivity index (χ1v) is 8.05. The number of carbonyl (C=O) groups excluding carboxylic acids is 3. The Bertz CT molecular complexity index is 616. The summed E-state index contributed by atoms with van der Waals surface area (Å²) in [6, 6.07) is 3.92. The molecule has 7 heteroatoms. The van der Waals surface area contributed by atoms with Crippen LogP contribution < -0.4 is 16.4 Å². The van der Waals surface area contributed by atoms with Crippen LogP contribution in [-0.2, 0) is 20.8 Å². The van der Waals surface area contributed by atoms with Gasteiger partial charge in [0.15, 0.2) is 0 Å². The molecule has 0 aliphatic rings. The number of unbranched alkanes of at least 4 members (excludes halogenated alkanes) is 1. The van der Waals surface area contributed by atoms with E-state index in [0.29, 0.717) is 24.8 Å². The highest BCUT2D eigenvalue weighted by molar-refractivity contribution is 5.91. The number of hydrogen-bond donors (Lipinski definition) is 3. The van der Waals surface area contributed by atoms with Gasteiger partial charge in [0.05, 0.1) is 0 Å². The number of primary amides is 1. The van der Waals surface area contributed by atoms with Gasteiger partial charge in [0, 0.05) is 13.3 Å². The normalized spacial score (nSPS) is 12.7. The summed E-state index contributed by atoms with van der Waals surface area (Å²) in [5.41, 5.74) is 6.01. The lowest BCUT2D eigenvalue weighted by atomic mass is 10.0. The molecule has 0 fully saturated rings. The molecule has 0 heterocycles. The maximum absolute atomic E-state index is 13.0. The molecule has 1 rings (SSSR count). The van der Waals surface area contributed by atoms with Crippen LogP contribution in [0.4, 0.5) is 4.39 Å². The number of nitrogens with one attached hydrogen (secondary N) is 2. The second kappa shape index (κ2) is 10.2. The van der Waals surface area contributed by atoms with Crippen LogP contribution in [0.1, 0.15) is 31.7 Å². The summed E-state index contributed by atoms with van der Waals surface area (Å²) in [6.45, 7) is 4.89. The number of nitrogens with two attached hydrogens (primary N) is 1. The monoisotopic (exact) mass is 349 g/mol. The molecule has 1 aromatic carbocycles. The third-order valence-corrected chi connectivity index (χ3v) is 3.61. The number of allylic oxidation sites excluding steroid dienone is 1. The molecule has 0 bridgehead atoms. The second-order valence-corrected chi connectivity index (χ2v) is 5.77. The SMILES string of the molecule is C=CCCC[C@@H](NC(=O)[C@H](Cc1ccc(F)cc1)NC(C)=O)C(N)=O. The summed E-state index contributed by atoms with van der Waals surface area (Å²) < 4.78 is 13.0. The summed E-state index contributed by atoms with van der Waals surface area (Å²) in [6.07, 6.45) is 3.62. The average Bonchev–Trinajstić information content (AvgIpc) is 2.54. The predicted molar refractivity (Wildman–Crippen MR) is 92.9 cm³/mol. The van der Waals surface area contributed by atoms with Crippen molar-refractivity contribution in [3.8, 4) is 0 Å². The molecule has 0 saturated carbocycles. The van der Waals surface area contributed by atoms with E-state index in [1.165, 1.54) is 31.2 Å². The quantitative estimate of drug-likeness (QED) is 0.437. The molecular weight excluding hydrogens is 325 g/mol. The molecular formula is C18H24FN3O3. The largest absolute Gasteiger partial charge is 0.368 e. The molecule has 0 aliphatic heterocycles. The van der Waals surface area contributed by atoms with Gasteiger partial charge in [-0.2, -0.15) is 0 Å². The Balaban J connectivity index is 2.79. The van der Waals surface area contributed by atoms with Crippen molar-refractivity contribution in [1.82, 2.24) is 10.6 Å². The van der Waals surface area contributed by atoms with E-state index in [-0.39, 0.29) is 18.1 Å². The molecule has 1 aromatic rings. The Kier molecular flexibility index (Phi) is 8.32.